The van der Waals surface area contributed by atoms with Crippen molar-refractivity contribution >= 4 is 17.2 Å². The van der Waals surface area contributed by atoms with Crippen molar-refractivity contribution in [2.75, 3.05) is 26.6 Å². The highest BCUT2D eigenvalue weighted by molar-refractivity contribution is 5.73. The van der Waals surface area contributed by atoms with Crippen LogP contribution < -0.4 is 19.5 Å². The van der Waals surface area contributed by atoms with Crippen LogP contribution in [-0.2, 0) is 0 Å². The van der Waals surface area contributed by atoms with Gasteiger partial charge in [-0.3, -0.25) is 10.1 Å². The van der Waals surface area contributed by atoms with E-state index in [2.05, 4.69) is 10.3 Å². The Morgan fingerprint density at radius 3 is 2.11 bits per heavy atom. The van der Waals surface area contributed by atoms with E-state index in [4.69, 9.17) is 14.2 Å². The van der Waals surface area contributed by atoms with Gasteiger partial charge in [0.2, 0.25) is 5.75 Å². The third-order valence-corrected chi connectivity index (χ3v) is 4.06. The molecule has 0 bridgehead atoms. The summed E-state index contributed by atoms with van der Waals surface area (Å²) in [4.78, 5) is 15.4. The van der Waals surface area contributed by atoms with Crippen molar-refractivity contribution in [1.29, 1.82) is 0 Å². The Labute approximate surface area is 161 Å². The van der Waals surface area contributed by atoms with Gasteiger partial charge in [0, 0.05) is 29.4 Å². The summed E-state index contributed by atoms with van der Waals surface area (Å²) in [5, 5.41) is 14.5. The van der Waals surface area contributed by atoms with Crippen LogP contribution in [0.3, 0.4) is 0 Å². The van der Waals surface area contributed by atoms with Crippen LogP contribution in [0.4, 0.5) is 17.2 Å². The van der Waals surface area contributed by atoms with Crippen LogP contribution in [0.2, 0.25) is 0 Å². The van der Waals surface area contributed by atoms with E-state index in [1.807, 2.05) is 6.07 Å². The predicted molar refractivity (Wildman–Crippen MR) is 106 cm³/mol. The number of methoxy groups -OCH3 is 3. The van der Waals surface area contributed by atoms with Crippen LogP contribution in [0.1, 0.15) is 0 Å². The molecule has 1 heterocycles. The molecule has 2 aromatic carbocycles. The maximum atomic E-state index is 11.4. The summed E-state index contributed by atoms with van der Waals surface area (Å²) in [5.41, 5.74) is 1.50. The zero-order chi connectivity index (χ0) is 20.1. The monoisotopic (exact) mass is 381 g/mol. The highest BCUT2D eigenvalue weighted by Crippen LogP contribution is 2.40. The molecule has 0 spiro atoms. The number of nitrogens with one attached hydrogen (secondary N) is 1. The summed E-state index contributed by atoms with van der Waals surface area (Å²) >= 11 is 0. The first-order valence-corrected chi connectivity index (χ1v) is 8.35. The van der Waals surface area contributed by atoms with Crippen molar-refractivity contribution in [3.63, 3.8) is 0 Å². The van der Waals surface area contributed by atoms with E-state index >= 15 is 0 Å². The molecule has 0 unspecified atom stereocenters. The van der Waals surface area contributed by atoms with Gasteiger partial charge in [-0.25, -0.2) is 4.98 Å². The summed E-state index contributed by atoms with van der Waals surface area (Å²) in [7, 11) is 4.58. The van der Waals surface area contributed by atoms with E-state index in [1.165, 1.54) is 27.4 Å². The minimum absolute atomic E-state index is 0.0679. The molecule has 0 aliphatic carbocycles. The number of hydrogen-bond donors (Lipinski definition) is 1. The Morgan fingerprint density at radius 2 is 1.57 bits per heavy atom. The van der Waals surface area contributed by atoms with E-state index in [-0.39, 0.29) is 11.4 Å². The number of anilines is 2. The molecule has 0 saturated heterocycles. The van der Waals surface area contributed by atoms with Crippen molar-refractivity contribution in [2.24, 2.45) is 0 Å². The number of pyridine rings is 1. The van der Waals surface area contributed by atoms with Gasteiger partial charge in [-0.1, -0.05) is 30.3 Å². The first kappa shape index (κ1) is 19.0. The minimum atomic E-state index is -0.446. The van der Waals surface area contributed by atoms with Crippen molar-refractivity contribution in [1.82, 2.24) is 4.98 Å². The maximum absolute atomic E-state index is 11.4. The Balaban J connectivity index is 2.03. The van der Waals surface area contributed by atoms with Crippen molar-refractivity contribution in [3.05, 3.63) is 64.7 Å². The molecule has 3 rings (SSSR count). The molecule has 0 fully saturated rings. The van der Waals surface area contributed by atoms with E-state index in [0.29, 0.717) is 34.3 Å². The number of hydrogen-bond acceptors (Lipinski definition) is 7. The van der Waals surface area contributed by atoms with Crippen LogP contribution in [-0.4, -0.2) is 31.2 Å². The maximum Gasteiger partial charge on any atom is 0.295 e. The smallest absolute Gasteiger partial charge is 0.295 e. The Bertz CT molecular complexity index is 967. The number of nitrogens with zero attached hydrogens (tertiary/aromatic N) is 2. The van der Waals surface area contributed by atoms with Gasteiger partial charge in [-0.2, -0.15) is 0 Å². The van der Waals surface area contributed by atoms with Gasteiger partial charge in [0.25, 0.3) is 5.69 Å². The Morgan fingerprint density at radius 1 is 0.929 bits per heavy atom. The Hall–Kier alpha value is -3.81. The quantitative estimate of drug-likeness (QED) is 0.478. The molecular formula is C20H19N3O5. The molecule has 1 N–H and O–H groups in total. The van der Waals surface area contributed by atoms with E-state index in [0.717, 1.165) is 0 Å². The number of ether oxygens (including phenoxy) is 3. The fourth-order valence-corrected chi connectivity index (χ4v) is 2.78. The standard InChI is InChI=1S/C20H19N3O5/c1-26-16-11-14(12-17(27-2)20(16)28-3)21-18-10-9-15(23(24)25)19(22-18)13-7-5-4-6-8-13/h4-12H,1-3H3,(H,21,22). The lowest BCUT2D eigenvalue weighted by molar-refractivity contribution is -0.384. The van der Waals surface area contributed by atoms with Crippen LogP contribution in [0.5, 0.6) is 17.2 Å². The summed E-state index contributed by atoms with van der Waals surface area (Å²) < 4.78 is 16.0. The summed E-state index contributed by atoms with van der Waals surface area (Å²) in [6, 6.07) is 15.4. The molecule has 8 nitrogen and oxygen atoms in total. The third kappa shape index (κ3) is 3.80. The van der Waals surface area contributed by atoms with Gasteiger partial charge in [0.05, 0.1) is 26.3 Å². The molecule has 0 aliphatic rings. The molecule has 144 valence electrons. The molecule has 0 aliphatic heterocycles. The van der Waals surface area contributed by atoms with Gasteiger partial charge in [0.1, 0.15) is 5.82 Å². The molecule has 0 atom stereocenters. The second-order valence-electron chi connectivity index (χ2n) is 5.73. The third-order valence-electron chi connectivity index (χ3n) is 4.06. The van der Waals surface area contributed by atoms with Crippen LogP contribution in [0.25, 0.3) is 11.3 Å². The fourth-order valence-electron chi connectivity index (χ4n) is 2.78. The second-order valence-corrected chi connectivity index (χ2v) is 5.73. The fraction of sp³-hybridized carbons (Fsp3) is 0.150. The van der Waals surface area contributed by atoms with E-state index in [9.17, 15) is 10.1 Å². The SMILES string of the molecule is COc1cc(Nc2ccc([N+](=O)[O-])c(-c3ccccc3)n2)cc(OC)c1OC. The Kier molecular flexibility index (Phi) is 5.59. The summed E-state index contributed by atoms with van der Waals surface area (Å²) in [6.45, 7) is 0. The van der Waals surface area contributed by atoms with E-state index in [1.54, 1.807) is 42.5 Å². The first-order valence-electron chi connectivity index (χ1n) is 8.35. The average molecular weight is 381 g/mol. The summed E-state index contributed by atoms with van der Waals surface area (Å²) in [6.07, 6.45) is 0. The molecule has 0 saturated carbocycles. The molecule has 3 aromatic rings. The lowest BCUT2D eigenvalue weighted by Gasteiger charge is -2.15. The van der Waals surface area contributed by atoms with Crippen LogP contribution >= 0.6 is 0 Å². The van der Waals surface area contributed by atoms with Crippen molar-refractivity contribution < 1.29 is 19.1 Å². The van der Waals surface area contributed by atoms with Crippen LogP contribution in [0, 0.1) is 10.1 Å². The minimum Gasteiger partial charge on any atom is -0.493 e. The van der Waals surface area contributed by atoms with Gasteiger partial charge in [-0.15, -0.1) is 0 Å². The molecule has 1 aromatic heterocycles. The van der Waals surface area contributed by atoms with Crippen molar-refractivity contribution in [2.45, 2.75) is 0 Å². The van der Waals surface area contributed by atoms with E-state index < -0.39 is 4.92 Å². The molecular weight excluding hydrogens is 362 g/mol. The number of nitro groups is 1. The van der Waals surface area contributed by atoms with Crippen molar-refractivity contribution in [3.8, 4) is 28.5 Å². The highest BCUT2D eigenvalue weighted by atomic mass is 16.6. The van der Waals surface area contributed by atoms with Gasteiger partial charge in [0.15, 0.2) is 17.2 Å². The van der Waals surface area contributed by atoms with Crippen LogP contribution in [0.15, 0.2) is 54.6 Å². The molecule has 8 heteroatoms. The number of aromatic nitrogens is 1. The zero-order valence-electron chi connectivity index (χ0n) is 15.6. The summed E-state index contributed by atoms with van der Waals surface area (Å²) in [5.74, 6) is 1.87. The lowest BCUT2D eigenvalue weighted by Crippen LogP contribution is -2.01. The van der Waals surface area contributed by atoms with Gasteiger partial charge >= 0.3 is 0 Å². The number of rotatable bonds is 7. The van der Waals surface area contributed by atoms with Gasteiger partial charge in [-0.05, 0) is 6.07 Å². The normalized spacial score (nSPS) is 10.2. The zero-order valence-corrected chi connectivity index (χ0v) is 15.6. The largest absolute Gasteiger partial charge is 0.493 e. The average Bonchev–Trinajstić information content (AvgIpc) is 2.73. The second kappa shape index (κ2) is 8.26. The molecule has 0 amide bonds. The lowest BCUT2D eigenvalue weighted by atomic mass is 10.1. The van der Waals surface area contributed by atoms with Gasteiger partial charge < -0.3 is 19.5 Å². The number of benzene rings is 2. The molecule has 0 radical (unpaired) electrons. The molecule has 28 heavy (non-hydrogen) atoms. The first-order chi connectivity index (χ1) is 13.6. The highest BCUT2D eigenvalue weighted by Gasteiger charge is 2.18. The topological polar surface area (TPSA) is 95.8 Å². The predicted octanol–water partition coefficient (Wildman–Crippen LogP) is 4.43.